The van der Waals surface area contributed by atoms with Gasteiger partial charge in [0.1, 0.15) is 11.5 Å². The fourth-order valence-electron chi connectivity index (χ4n) is 3.06. The number of nitrogens with one attached hydrogen (secondary N) is 1. The third-order valence-electron chi connectivity index (χ3n) is 4.52. The number of carbonyl (C=O) groups is 1. The number of carbonyl (C=O) groups excluding carboxylic acids is 1. The largest absolute Gasteiger partial charge is 0.506 e. The number of nitrogens with zero attached hydrogens (tertiary/aromatic N) is 3. The number of halogens is 1. The van der Waals surface area contributed by atoms with Gasteiger partial charge < -0.3 is 14.7 Å². The predicted octanol–water partition coefficient (Wildman–Crippen LogP) is 2.65. The van der Waals surface area contributed by atoms with Gasteiger partial charge in [-0.3, -0.25) is 14.9 Å². The molecule has 0 saturated carbocycles. The number of amides is 1. The van der Waals surface area contributed by atoms with E-state index in [0.717, 1.165) is 16.5 Å². The third kappa shape index (κ3) is 3.33. The van der Waals surface area contributed by atoms with Crippen LogP contribution in [0.25, 0.3) is 22.2 Å². The van der Waals surface area contributed by atoms with E-state index in [1.54, 1.807) is 18.3 Å². The molecule has 1 aromatic carbocycles. The molecule has 0 spiro atoms. The lowest BCUT2D eigenvalue weighted by atomic mass is 10.0. The molecule has 8 heteroatoms. The molecule has 1 amide bonds. The fraction of sp³-hybridized carbons (Fsp3) is 0.211. The lowest BCUT2D eigenvalue weighted by Gasteiger charge is -2.38. The van der Waals surface area contributed by atoms with Crippen LogP contribution in [0.3, 0.4) is 0 Å². The van der Waals surface area contributed by atoms with E-state index in [4.69, 9.17) is 4.74 Å². The quantitative estimate of drug-likeness (QED) is 0.676. The van der Waals surface area contributed by atoms with Gasteiger partial charge in [-0.2, -0.15) is 5.10 Å². The molecule has 1 fully saturated rings. The maximum atomic E-state index is 12.9. The van der Waals surface area contributed by atoms with E-state index in [9.17, 15) is 14.3 Å². The third-order valence-corrected chi connectivity index (χ3v) is 4.52. The monoisotopic (exact) mass is 368 g/mol. The molecule has 2 aromatic heterocycles. The van der Waals surface area contributed by atoms with E-state index in [-0.39, 0.29) is 11.7 Å². The molecule has 1 saturated heterocycles. The first-order chi connectivity index (χ1) is 13.0. The zero-order valence-electron chi connectivity index (χ0n) is 14.4. The number of ether oxygens (including phenoxy) is 1. The Morgan fingerprint density at radius 2 is 2.19 bits per heavy atom. The summed E-state index contributed by atoms with van der Waals surface area (Å²) in [5.74, 6) is -0.734. The van der Waals surface area contributed by atoms with E-state index in [1.165, 1.54) is 11.1 Å². The number of hydrogen-bond acceptors (Lipinski definition) is 5. The van der Waals surface area contributed by atoms with Crippen molar-refractivity contribution in [2.75, 3.05) is 19.7 Å². The van der Waals surface area contributed by atoms with E-state index >= 15 is 0 Å². The number of aromatic amines is 1. The summed E-state index contributed by atoms with van der Waals surface area (Å²) < 4.78 is 18.8. The number of aromatic nitrogens is 3. The number of H-pyrrole nitrogens is 1. The molecule has 138 valence electrons. The molecule has 4 rings (SSSR count). The van der Waals surface area contributed by atoms with E-state index < -0.39 is 11.7 Å². The second kappa shape index (κ2) is 6.71. The second-order valence-electron chi connectivity index (χ2n) is 6.50. The van der Waals surface area contributed by atoms with Crippen LogP contribution in [0, 0.1) is 5.92 Å². The SMILES string of the molecule is C=C(F)C(=O)N1CC(COc2cc(-c3ccc(O)cn3)cc3[nH]ncc23)C1. The minimum atomic E-state index is -0.941. The second-order valence-corrected chi connectivity index (χ2v) is 6.50. The van der Waals surface area contributed by atoms with Crippen molar-refractivity contribution in [1.82, 2.24) is 20.1 Å². The van der Waals surface area contributed by atoms with Gasteiger partial charge in [-0.05, 0) is 24.3 Å². The van der Waals surface area contributed by atoms with Crippen molar-refractivity contribution in [3.05, 3.63) is 49.1 Å². The molecule has 0 aliphatic carbocycles. The Labute approximate surface area is 154 Å². The molecule has 0 atom stereocenters. The number of fused-ring (bicyclic) bond motifs is 1. The topological polar surface area (TPSA) is 91.3 Å². The number of pyridine rings is 1. The van der Waals surface area contributed by atoms with Crippen LogP contribution in [-0.4, -0.2) is 50.8 Å². The first-order valence-corrected chi connectivity index (χ1v) is 8.40. The van der Waals surface area contributed by atoms with Crippen LogP contribution in [0.15, 0.2) is 49.1 Å². The van der Waals surface area contributed by atoms with Crippen LogP contribution < -0.4 is 4.74 Å². The van der Waals surface area contributed by atoms with Crippen molar-refractivity contribution in [3.8, 4) is 22.8 Å². The number of benzene rings is 1. The van der Waals surface area contributed by atoms with Crippen LogP contribution in [-0.2, 0) is 4.79 Å². The van der Waals surface area contributed by atoms with Crippen LogP contribution in [0.2, 0.25) is 0 Å². The van der Waals surface area contributed by atoms with E-state index in [2.05, 4.69) is 21.8 Å². The molecule has 0 unspecified atom stereocenters. The Morgan fingerprint density at radius 3 is 2.89 bits per heavy atom. The molecule has 1 aliphatic heterocycles. The van der Waals surface area contributed by atoms with Crippen molar-refractivity contribution >= 4 is 16.8 Å². The number of hydrogen-bond donors (Lipinski definition) is 2. The molecule has 2 N–H and O–H groups in total. The summed E-state index contributed by atoms with van der Waals surface area (Å²) in [5, 5.41) is 17.2. The maximum Gasteiger partial charge on any atom is 0.281 e. The first-order valence-electron chi connectivity index (χ1n) is 8.40. The zero-order chi connectivity index (χ0) is 19.0. The molecule has 1 aliphatic rings. The predicted molar refractivity (Wildman–Crippen MR) is 96.8 cm³/mol. The average molecular weight is 368 g/mol. The summed E-state index contributed by atoms with van der Waals surface area (Å²) in [6.07, 6.45) is 3.06. The van der Waals surface area contributed by atoms with Gasteiger partial charge in [-0.25, -0.2) is 4.39 Å². The summed E-state index contributed by atoms with van der Waals surface area (Å²) >= 11 is 0. The van der Waals surface area contributed by atoms with Crippen molar-refractivity contribution in [3.63, 3.8) is 0 Å². The highest BCUT2D eigenvalue weighted by Crippen LogP contribution is 2.32. The molecule has 0 radical (unpaired) electrons. The maximum absolute atomic E-state index is 12.9. The van der Waals surface area contributed by atoms with Gasteiger partial charge >= 0.3 is 0 Å². The van der Waals surface area contributed by atoms with Crippen LogP contribution in [0.5, 0.6) is 11.5 Å². The molecule has 7 nitrogen and oxygen atoms in total. The Hall–Kier alpha value is -3.42. The van der Waals surface area contributed by atoms with Gasteiger partial charge in [0.25, 0.3) is 5.91 Å². The summed E-state index contributed by atoms with van der Waals surface area (Å²) in [7, 11) is 0. The van der Waals surface area contributed by atoms with Crippen molar-refractivity contribution in [2.24, 2.45) is 5.92 Å². The highest BCUT2D eigenvalue weighted by atomic mass is 19.1. The lowest BCUT2D eigenvalue weighted by Crippen LogP contribution is -2.52. The molecular weight excluding hydrogens is 351 g/mol. The number of rotatable bonds is 5. The molecule has 3 aromatic rings. The zero-order valence-corrected chi connectivity index (χ0v) is 14.4. The summed E-state index contributed by atoms with van der Waals surface area (Å²) in [4.78, 5) is 17.1. The van der Waals surface area contributed by atoms with Crippen LogP contribution >= 0.6 is 0 Å². The normalized spacial score (nSPS) is 14.2. The van der Waals surface area contributed by atoms with Crippen LogP contribution in [0.4, 0.5) is 4.39 Å². The smallest absolute Gasteiger partial charge is 0.281 e. The Balaban J connectivity index is 1.50. The summed E-state index contributed by atoms with van der Waals surface area (Å²) in [6, 6.07) is 7.06. The highest BCUT2D eigenvalue weighted by molar-refractivity contribution is 5.91. The van der Waals surface area contributed by atoms with Gasteiger partial charge in [0.2, 0.25) is 0 Å². The minimum absolute atomic E-state index is 0.0953. The van der Waals surface area contributed by atoms with Crippen molar-refractivity contribution in [1.29, 1.82) is 0 Å². The van der Waals surface area contributed by atoms with Gasteiger partial charge in [-0.1, -0.05) is 6.58 Å². The number of aromatic hydroxyl groups is 1. The fourth-order valence-corrected chi connectivity index (χ4v) is 3.06. The first kappa shape index (κ1) is 17.0. The minimum Gasteiger partial charge on any atom is -0.506 e. The van der Waals surface area contributed by atoms with Gasteiger partial charge in [-0.15, -0.1) is 0 Å². The summed E-state index contributed by atoms with van der Waals surface area (Å²) in [5.41, 5.74) is 2.31. The van der Waals surface area contributed by atoms with E-state index in [0.29, 0.717) is 31.1 Å². The van der Waals surface area contributed by atoms with Crippen molar-refractivity contribution in [2.45, 2.75) is 0 Å². The molecule has 0 bridgehead atoms. The highest BCUT2D eigenvalue weighted by Gasteiger charge is 2.32. The Kier molecular flexibility index (Phi) is 4.23. The van der Waals surface area contributed by atoms with E-state index in [1.807, 2.05) is 12.1 Å². The summed E-state index contributed by atoms with van der Waals surface area (Å²) in [6.45, 7) is 4.31. The van der Waals surface area contributed by atoms with Crippen molar-refractivity contribution < 1.29 is 19.0 Å². The molecular formula is C19H17FN4O3. The van der Waals surface area contributed by atoms with Gasteiger partial charge in [0.15, 0.2) is 5.83 Å². The molecule has 27 heavy (non-hydrogen) atoms. The van der Waals surface area contributed by atoms with Crippen LogP contribution in [0.1, 0.15) is 0 Å². The Bertz CT molecular complexity index is 1010. The average Bonchev–Trinajstić information content (AvgIpc) is 3.09. The number of likely N-dealkylation sites (tertiary alicyclic amines) is 1. The standard InChI is InChI=1S/C19H17FN4O3/c1-11(20)19(26)24-8-12(9-24)10-27-18-5-13(4-17-15(18)7-22-23-17)16-3-2-14(25)6-21-16/h2-7,12,25H,1,8-10H2,(H,22,23). The molecule has 3 heterocycles. The van der Waals surface area contributed by atoms with Gasteiger partial charge in [0, 0.05) is 24.6 Å². The Morgan fingerprint density at radius 1 is 1.37 bits per heavy atom. The lowest BCUT2D eigenvalue weighted by molar-refractivity contribution is -0.135. The van der Waals surface area contributed by atoms with Gasteiger partial charge in [0.05, 0.1) is 35.6 Å².